The van der Waals surface area contributed by atoms with Gasteiger partial charge in [-0.15, -0.1) is 0 Å². The Balaban J connectivity index is 2.15. The van der Waals surface area contributed by atoms with E-state index >= 15 is 0 Å². The van der Waals surface area contributed by atoms with E-state index < -0.39 is 11.0 Å². The Hall–Kier alpha value is -1.83. The Bertz CT molecular complexity index is 601. The molecule has 0 saturated carbocycles. The van der Waals surface area contributed by atoms with Crippen LogP contribution in [0.2, 0.25) is 0 Å². The summed E-state index contributed by atoms with van der Waals surface area (Å²) in [5, 5.41) is 11.2. The summed E-state index contributed by atoms with van der Waals surface area (Å²) in [7, 11) is 0. The van der Waals surface area contributed by atoms with Gasteiger partial charge in [0.25, 0.3) is 5.69 Å². The number of halogens is 1. The first-order valence-corrected chi connectivity index (χ1v) is 8.39. The van der Waals surface area contributed by atoms with E-state index in [-0.39, 0.29) is 17.3 Å². The van der Waals surface area contributed by atoms with Gasteiger partial charge in [0.1, 0.15) is 5.69 Å². The Morgan fingerprint density at radius 3 is 2.57 bits per heavy atom. The molecule has 23 heavy (non-hydrogen) atoms. The molecular weight excluding hydrogens is 366 g/mol. The number of hydrogen-bond donors (Lipinski definition) is 1. The van der Waals surface area contributed by atoms with Crippen molar-refractivity contribution in [3.63, 3.8) is 0 Å². The molecule has 0 bridgehead atoms. The number of likely N-dealkylation sites (tertiary alicyclic amines) is 1. The highest BCUT2D eigenvalue weighted by atomic mass is 79.9. The highest BCUT2D eigenvalue weighted by Crippen LogP contribution is 2.35. The van der Waals surface area contributed by atoms with Crippen LogP contribution < -0.4 is 5.48 Å². The number of anilines is 1. The number of nitrogens with one attached hydrogen (secondary N) is 1. The lowest BCUT2D eigenvalue weighted by molar-refractivity contribution is -0.384. The number of carbonyl (C=O) groups is 1. The number of rotatable bonds is 4. The van der Waals surface area contributed by atoms with Gasteiger partial charge in [-0.25, -0.2) is 10.3 Å². The van der Waals surface area contributed by atoms with Crippen LogP contribution in [0.25, 0.3) is 0 Å². The van der Waals surface area contributed by atoms with Gasteiger partial charge < -0.3 is 9.74 Å². The van der Waals surface area contributed by atoms with Crippen molar-refractivity contribution in [3.8, 4) is 0 Å². The molecule has 0 unspecified atom stereocenters. The first-order valence-electron chi connectivity index (χ1n) is 7.59. The van der Waals surface area contributed by atoms with Crippen LogP contribution in [0.3, 0.4) is 0 Å². The maximum atomic E-state index is 12.0. The van der Waals surface area contributed by atoms with Crippen LogP contribution in [0.4, 0.5) is 16.2 Å². The zero-order valence-corrected chi connectivity index (χ0v) is 14.8. The summed E-state index contributed by atoms with van der Waals surface area (Å²) in [5.74, 6) is 0.170. The lowest BCUT2D eigenvalue weighted by Gasteiger charge is -2.25. The second-order valence-electron chi connectivity index (χ2n) is 5.82. The molecule has 1 aromatic carbocycles. The molecule has 0 radical (unpaired) electrons. The lowest BCUT2D eigenvalue weighted by Crippen LogP contribution is -2.37. The van der Waals surface area contributed by atoms with Gasteiger partial charge >= 0.3 is 6.09 Å². The predicted octanol–water partition coefficient (Wildman–Crippen LogP) is 4.43. The molecule has 0 aromatic heterocycles. The third-order valence-corrected chi connectivity index (χ3v) is 4.48. The Morgan fingerprint density at radius 2 is 2.00 bits per heavy atom. The first-order chi connectivity index (χ1) is 10.9. The van der Waals surface area contributed by atoms with Crippen LogP contribution >= 0.6 is 15.9 Å². The van der Waals surface area contributed by atoms with E-state index in [0.29, 0.717) is 17.6 Å². The molecule has 2 rings (SSSR count). The molecule has 0 aliphatic carbocycles. The van der Waals surface area contributed by atoms with Gasteiger partial charge in [-0.05, 0) is 36.8 Å². The van der Waals surface area contributed by atoms with E-state index in [1.807, 2.05) is 13.8 Å². The van der Waals surface area contributed by atoms with Crippen molar-refractivity contribution in [2.24, 2.45) is 0 Å². The fourth-order valence-corrected chi connectivity index (χ4v) is 3.28. The van der Waals surface area contributed by atoms with Crippen molar-refractivity contribution in [2.75, 3.05) is 18.6 Å². The molecule has 8 heteroatoms. The molecule has 126 valence electrons. The number of nitro benzene ring substituents is 1. The Kier molecular flexibility index (Phi) is 5.81. The van der Waals surface area contributed by atoms with E-state index in [1.165, 1.54) is 6.07 Å². The average molecular weight is 386 g/mol. The van der Waals surface area contributed by atoms with E-state index in [9.17, 15) is 14.9 Å². The standard InChI is InChI=1S/C15H20BrN3O4/c1-10(2)11-8-13(14(19(21)22)9-12(11)16)17-23-15(20)18-6-4-3-5-7-18/h8-10,17H,3-7H2,1-2H3. The van der Waals surface area contributed by atoms with Crippen LogP contribution in [-0.2, 0) is 4.84 Å². The molecular formula is C15H20BrN3O4. The number of hydrogen-bond acceptors (Lipinski definition) is 5. The minimum absolute atomic E-state index is 0.146. The number of nitro groups is 1. The SMILES string of the molecule is CC(C)c1cc(NOC(=O)N2CCCCC2)c([N+](=O)[O-])cc1Br. The first kappa shape index (κ1) is 17.5. The number of nitrogens with zero attached hydrogens (tertiary/aromatic N) is 2. The van der Waals surface area contributed by atoms with E-state index in [1.54, 1.807) is 11.0 Å². The summed E-state index contributed by atoms with van der Waals surface area (Å²) in [4.78, 5) is 29.3. The minimum atomic E-state index is -0.508. The van der Waals surface area contributed by atoms with Crippen molar-refractivity contribution in [2.45, 2.75) is 39.0 Å². The number of benzene rings is 1. The summed E-state index contributed by atoms with van der Waals surface area (Å²) in [6.45, 7) is 5.27. The van der Waals surface area contributed by atoms with Crippen molar-refractivity contribution >= 4 is 33.4 Å². The molecule has 1 aliphatic heterocycles. The molecule has 1 N–H and O–H groups in total. The topological polar surface area (TPSA) is 84.7 Å². The van der Waals surface area contributed by atoms with Gasteiger partial charge in [0.05, 0.1) is 4.92 Å². The van der Waals surface area contributed by atoms with Crippen LogP contribution in [0.1, 0.15) is 44.6 Å². The summed E-state index contributed by atoms with van der Waals surface area (Å²) in [6.07, 6.45) is 2.50. The molecule has 1 aromatic rings. The maximum Gasteiger partial charge on any atom is 0.434 e. The van der Waals surface area contributed by atoms with Crippen LogP contribution in [0, 0.1) is 10.1 Å². The minimum Gasteiger partial charge on any atom is -0.324 e. The monoisotopic (exact) mass is 385 g/mol. The van der Waals surface area contributed by atoms with Crippen molar-refractivity contribution in [1.82, 2.24) is 4.90 Å². The van der Waals surface area contributed by atoms with Crippen molar-refractivity contribution in [1.29, 1.82) is 0 Å². The highest BCUT2D eigenvalue weighted by Gasteiger charge is 2.22. The average Bonchev–Trinajstić information content (AvgIpc) is 2.53. The summed E-state index contributed by atoms with van der Waals surface area (Å²) in [5.41, 5.74) is 3.38. The van der Waals surface area contributed by atoms with Crippen LogP contribution in [0.15, 0.2) is 16.6 Å². The Labute approximate surface area is 143 Å². The molecule has 1 aliphatic rings. The lowest BCUT2D eigenvalue weighted by atomic mass is 10.0. The summed E-state index contributed by atoms with van der Waals surface area (Å²) in [6, 6.07) is 3.06. The Morgan fingerprint density at radius 1 is 1.35 bits per heavy atom. The van der Waals surface area contributed by atoms with Gasteiger partial charge in [0, 0.05) is 23.6 Å². The van der Waals surface area contributed by atoms with Gasteiger partial charge in [0.15, 0.2) is 0 Å². The molecule has 7 nitrogen and oxygen atoms in total. The van der Waals surface area contributed by atoms with Crippen molar-refractivity contribution in [3.05, 3.63) is 32.3 Å². The third-order valence-electron chi connectivity index (χ3n) is 3.80. The quantitative estimate of drug-likeness (QED) is 0.611. The fourth-order valence-electron chi connectivity index (χ4n) is 2.49. The number of amides is 1. The zero-order chi connectivity index (χ0) is 17.0. The molecule has 1 amide bonds. The predicted molar refractivity (Wildman–Crippen MR) is 90.4 cm³/mol. The molecule has 1 saturated heterocycles. The summed E-state index contributed by atoms with van der Waals surface area (Å²) < 4.78 is 0.659. The maximum absolute atomic E-state index is 12.0. The van der Waals surface area contributed by atoms with E-state index in [2.05, 4.69) is 21.4 Å². The zero-order valence-electron chi connectivity index (χ0n) is 13.2. The van der Waals surface area contributed by atoms with Gasteiger partial charge in [-0.3, -0.25) is 10.1 Å². The largest absolute Gasteiger partial charge is 0.434 e. The second-order valence-corrected chi connectivity index (χ2v) is 6.67. The highest BCUT2D eigenvalue weighted by molar-refractivity contribution is 9.10. The molecule has 0 atom stereocenters. The van der Waals surface area contributed by atoms with E-state index in [0.717, 1.165) is 24.8 Å². The molecule has 1 heterocycles. The fraction of sp³-hybridized carbons (Fsp3) is 0.533. The van der Waals surface area contributed by atoms with Crippen LogP contribution in [0.5, 0.6) is 0 Å². The third kappa shape index (κ3) is 4.34. The van der Waals surface area contributed by atoms with Crippen molar-refractivity contribution < 1.29 is 14.6 Å². The van der Waals surface area contributed by atoms with Gasteiger partial charge in [-0.1, -0.05) is 29.8 Å². The second kappa shape index (κ2) is 7.63. The van der Waals surface area contributed by atoms with Crippen LogP contribution in [-0.4, -0.2) is 29.0 Å². The smallest absolute Gasteiger partial charge is 0.324 e. The van der Waals surface area contributed by atoms with E-state index in [4.69, 9.17) is 4.84 Å². The molecule has 1 fully saturated rings. The molecule has 0 spiro atoms. The van der Waals surface area contributed by atoms with Gasteiger partial charge in [0.2, 0.25) is 0 Å². The summed E-state index contributed by atoms with van der Waals surface area (Å²) >= 11 is 3.34. The normalized spacial score (nSPS) is 14.7. The van der Waals surface area contributed by atoms with Gasteiger partial charge in [-0.2, -0.15) is 0 Å². The number of carbonyl (C=O) groups excluding carboxylic acids is 1. The number of piperidine rings is 1.